The number of hydrogen-bond donors (Lipinski definition) is 0. The van der Waals surface area contributed by atoms with Crippen LogP contribution in [0.15, 0.2) is 12.1 Å². The summed E-state index contributed by atoms with van der Waals surface area (Å²) in [4.78, 5) is 28.0. The predicted octanol–water partition coefficient (Wildman–Crippen LogP) is 1.72. The second-order valence-electron chi connectivity index (χ2n) is 7.77. The van der Waals surface area contributed by atoms with Gasteiger partial charge >= 0.3 is 0 Å². The van der Waals surface area contributed by atoms with Crippen molar-refractivity contribution in [1.29, 1.82) is 0 Å². The molecule has 1 unspecified atom stereocenters. The molecule has 2 bridgehead atoms. The fourth-order valence-electron chi connectivity index (χ4n) is 4.42. The van der Waals surface area contributed by atoms with E-state index in [-0.39, 0.29) is 30.8 Å². The van der Waals surface area contributed by atoms with Crippen molar-refractivity contribution >= 4 is 11.7 Å². The number of nitrogens with zero attached hydrogens (tertiary/aromatic N) is 1. The molecule has 0 radical (unpaired) electrons. The molecule has 0 aliphatic carbocycles. The summed E-state index contributed by atoms with van der Waals surface area (Å²) < 4.78 is 22.7. The van der Waals surface area contributed by atoms with E-state index < -0.39 is 18.0 Å². The summed E-state index contributed by atoms with van der Waals surface area (Å²) >= 11 is 0. The Morgan fingerprint density at radius 3 is 2.69 bits per heavy atom. The van der Waals surface area contributed by atoms with Gasteiger partial charge in [-0.05, 0) is 43.5 Å². The van der Waals surface area contributed by atoms with Crippen LogP contribution in [-0.2, 0) is 25.6 Å². The number of ketones is 1. The summed E-state index contributed by atoms with van der Waals surface area (Å²) in [6.07, 6.45) is -0.501. The van der Waals surface area contributed by atoms with E-state index in [1.54, 1.807) is 18.7 Å². The Morgan fingerprint density at radius 2 is 1.88 bits per heavy atom. The lowest BCUT2D eigenvalue weighted by molar-refractivity contribution is -0.162. The first-order valence-corrected chi connectivity index (χ1v) is 9.01. The van der Waals surface area contributed by atoms with E-state index in [2.05, 4.69) is 0 Å². The Bertz CT molecular complexity index is 803. The molecule has 5 rings (SSSR count). The van der Waals surface area contributed by atoms with Gasteiger partial charge in [-0.1, -0.05) is 0 Å². The zero-order chi connectivity index (χ0) is 18.1. The van der Waals surface area contributed by atoms with Gasteiger partial charge in [-0.15, -0.1) is 0 Å². The lowest BCUT2D eigenvalue weighted by Gasteiger charge is -2.26. The van der Waals surface area contributed by atoms with Crippen molar-refractivity contribution in [2.45, 2.75) is 57.1 Å². The van der Waals surface area contributed by atoms with E-state index in [9.17, 15) is 9.59 Å². The quantitative estimate of drug-likeness (QED) is 0.702. The molecule has 4 heterocycles. The molecule has 2 saturated heterocycles. The Kier molecular flexibility index (Phi) is 3.36. The van der Waals surface area contributed by atoms with Crippen molar-refractivity contribution in [2.24, 2.45) is 0 Å². The number of ether oxygens (including phenoxy) is 4. The predicted molar refractivity (Wildman–Crippen MR) is 88.8 cm³/mol. The van der Waals surface area contributed by atoms with Crippen LogP contribution >= 0.6 is 0 Å². The van der Waals surface area contributed by atoms with Gasteiger partial charge in [-0.2, -0.15) is 0 Å². The van der Waals surface area contributed by atoms with Crippen molar-refractivity contribution < 1.29 is 28.5 Å². The Balaban J connectivity index is 1.60. The SMILES string of the molecule is CC1(C)O[C@@H]2C(=O)N3CCC(C(=O)C[C@H]2O1)c1cc2c(cc1C3)OCO2. The molecule has 1 amide bonds. The maximum absolute atomic E-state index is 13.1. The van der Waals surface area contributed by atoms with Gasteiger partial charge in [0, 0.05) is 25.4 Å². The number of Topliss-reactive ketones (excluding diaryl/α,β-unsaturated/α-hetero) is 1. The molecule has 3 atom stereocenters. The number of fused-ring (bicyclic) bond motifs is 7. The lowest BCUT2D eigenvalue weighted by atomic mass is 9.86. The van der Waals surface area contributed by atoms with Crippen molar-refractivity contribution in [3.05, 3.63) is 23.3 Å². The molecule has 7 nitrogen and oxygen atoms in total. The normalized spacial score (nSPS) is 31.8. The third-order valence-corrected chi connectivity index (χ3v) is 5.59. The van der Waals surface area contributed by atoms with Crippen LogP contribution in [0.2, 0.25) is 0 Å². The van der Waals surface area contributed by atoms with Crippen molar-refractivity contribution in [1.82, 2.24) is 4.90 Å². The van der Waals surface area contributed by atoms with Crippen LogP contribution in [0.4, 0.5) is 0 Å². The molecule has 4 aliphatic heterocycles. The first-order valence-electron chi connectivity index (χ1n) is 9.01. The summed E-state index contributed by atoms with van der Waals surface area (Å²) in [7, 11) is 0. The van der Waals surface area contributed by atoms with Crippen LogP contribution in [-0.4, -0.2) is 47.9 Å². The number of hydrogen-bond acceptors (Lipinski definition) is 6. The molecule has 4 aliphatic rings. The number of carbonyl (C=O) groups excluding carboxylic acids is 2. The maximum atomic E-state index is 13.1. The van der Waals surface area contributed by atoms with Crippen LogP contribution in [0.25, 0.3) is 0 Å². The minimum Gasteiger partial charge on any atom is -0.454 e. The molecule has 138 valence electrons. The smallest absolute Gasteiger partial charge is 0.254 e. The van der Waals surface area contributed by atoms with E-state index in [0.29, 0.717) is 31.0 Å². The molecule has 2 fully saturated rings. The molecule has 0 spiro atoms. The van der Waals surface area contributed by atoms with Crippen LogP contribution in [0.3, 0.4) is 0 Å². The maximum Gasteiger partial charge on any atom is 0.254 e. The van der Waals surface area contributed by atoms with E-state index in [4.69, 9.17) is 18.9 Å². The Labute approximate surface area is 151 Å². The average molecular weight is 359 g/mol. The Hall–Kier alpha value is -2.12. The van der Waals surface area contributed by atoms with Crippen LogP contribution in [0.5, 0.6) is 11.5 Å². The monoisotopic (exact) mass is 359 g/mol. The molecule has 0 aromatic heterocycles. The number of rotatable bonds is 0. The number of benzene rings is 1. The van der Waals surface area contributed by atoms with Gasteiger partial charge in [0.2, 0.25) is 6.79 Å². The van der Waals surface area contributed by atoms with Crippen LogP contribution < -0.4 is 9.47 Å². The topological polar surface area (TPSA) is 74.3 Å². The van der Waals surface area contributed by atoms with Gasteiger partial charge in [-0.25, -0.2) is 0 Å². The third-order valence-electron chi connectivity index (χ3n) is 5.59. The van der Waals surface area contributed by atoms with Gasteiger partial charge in [-0.3, -0.25) is 9.59 Å². The largest absolute Gasteiger partial charge is 0.454 e. The highest BCUT2D eigenvalue weighted by atomic mass is 16.8. The van der Waals surface area contributed by atoms with Crippen molar-refractivity contribution in [2.75, 3.05) is 13.3 Å². The number of amides is 1. The second-order valence-corrected chi connectivity index (χ2v) is 7.77. The lowest BCUT2D eigenvalue weighted by Crippen LogP contribution is -2.43. The fraction of sp³-hybridized carbons (Fsp3) is 0.579. The zero-order valence-electron chi connectivity index (χ0n) is 14.8. The molecule has 1 aromatic carbocycles. The molecule has 0 N–H and O–H groups in total. The van der Waals surface area contributed by atoms with Gasteiger partial charge in [0.1, 0.15) is 11.9 Å². The highest BCUT2D eigenvalue weighted by Crippen LogP contribution is 2.42. The van der Waals surface area contributed by atoms with Crippen LogP contribution in [0, 0.1) is 0 Å². The summed E-state index contributed by atoms with van der Waals surface area (Å²) in [6.45, 7) is 4.68. The third kappa shape index (κ3) is 2.41. The summed E-state index contributed by atoms with van der Waals surface area (Å²) in [5, 5.41) is 0. The molecular weight excluding hydrogens is 338 g/mol. The minimum atomic E-state index is -0.866. The standard InChI is InChI=1S/C19H21NO6/c1-19(2)25-16-7-13(21)11-3-4-20(18(22)17(16)26-19)8-10-5-14-15(6-12(10)11)24-9-23-14/h5-6,11,16-17H,3-4,7-9H2,1-2H3/t11?,16-,17+/m1/s1. The zero-order valence-corrected chi connectivity index (χ0v) is 14.8. The summed E-state index contributed by atoms with van der Waals surface area (Å²) in [5.41, 5.74) is 1.88. The molecule has 26 heavy (non-hydrogen) atoms. The van der Waals surface area contributed by atoms with Gasteiger partial charge in [0.15, 0.2) is 23.4 Å². The minimum absolute atomic E-state index is 0.0814. The van der Waals surface area contributed by atoms with Crippen molar-refractivity contribution in [3.8, 4) is 11.5 Å². The summed E-state index contributed by atoms with van der Waals surface area (Å²) in [6, 6.07) is 3.81. The molecular formula is C19H21NO6. The van der Waals surface area contributed by atoms with E-state index >= 15 is 0 Å². The first-order chi connectivity index (χ1) is 12.4. The number of carbonyl (C=O) groups is 2. The molecule has 0 saturated carbocycles. The van der Waals surface area contributed by atoms with E-state index in [1.165, 1.54) is 0 Å². The van der Waals surface area contributed by atoms with Crippen molar-refractivity contribution in [3.63, 3.8) is 0 Å². The molecule has 7 heteroatoms. The van der Waals surface area contributed by atoms with Crippen LogP contribution in [0.1, 0.15) is 43.7 Å². The van der Waals surface area contributed by atoms with Gasteiger partial charge in [0.25, 0.3) is 5.91 Å². The van der Waals surface area contributed by atoms with E-state index in [0.717, 1.165) is 11.1 Å². The highest BCUT2D eigenvalue weighted by Gasteiger charge is 2.49. The second kappa shape index (κ2) is 5.44. The summed E-state index contributed by atoms with van der Waals surface area (Å²) in [5.74, 6) is 0.162. The fourth-order valence-corrected chi connectivity index (χ4v) is 4.42. The molecule has 1 aromatic rings. The average Bonchev–Trinajstić information content (AvgIpc) is 3.09. The van der Waals surface area contributed by atoms with Gasteiger partial charge in [0.05, 0.1) is 0 Å². The van der Waals surface area contributed by atoms with Gasteiger partial charge < -0.3 is 23.8 Å². The Morgan fingerprint density at radius 1 is 1.12 bits per heavy atom. The highest BCUT2D eigenvalue weighted by molar-refractivity contribution is 5.90. The first kappa shape index (κ1) is 16.1. The van der Waals surface area contributed by atoms with E-state index in [1.807, 2.05) is 12.1 Å².